The lowest BCUT2D eigenvalue weighted by molar-refractivity contribution is -0.137. The Morgan fingerprint density at radius 1 is 1.30 bits per heavy atom. The highest BCUT2D eigenvalue weighted by Gasteiger charge is 2.18. The molecule has 20 heavy (non-hydrogen) atoms. The molecule has 0 aliphatic heterocycles. The molecule has 1 aromatic carbocycles. The smallest absolute Gasteiger partial charge is 0.304 e. The molecule has 0 amide bonds. The van der Waals surface area contributed by atoms with Crippen LogP contribution < -0.4 is 4.72 Å². The van der Waals surface area contributed by atoms with Crippen LogP contribution in [0.4, 0.5) is 5.69 Å². The zero-order valence-electron chi connectivity index (χ0n) is 11.7. The normalized spacial score (nSPS) is 11.6. The van der Waals surface area contributed by atoms with Crippen molar-refractivity contribution in [3.63, 3.8) is 0 Å². The maximum atomic E-state index is 11.9. The van der Waals surface area contributed by atoms with Crippen LogP contribution in [0.3, 0.4) is 0 Å². The molecule has 1 aromatic rings. The molecule has 0 fully saturated rings. The number of nitrogens with one attached hydrogen (secondary N) is 1. The van der Waals surface area contributed by atoms with Crippen LogP contribution in [0.15, 0.2) is 24.3 Å². The van der Waals surface area contributed by atoms with Crippen molar-refractivity contribution in [3.05, 3.63) is 29.8 Å². The van der Waals surface area contributed by atoms with E-state index in [1.807, 2.05) is 12.1 Å². The van der Waals surface area contributed by atoms with Crippen LogP contribution in [-0.2, 0) is 21.4 Å². The SMILES string of the molecule is CCCc1ccc(NS(=O)(=O)N(C)CCC(=O)O)cc1. The second kappa shape index (κ2) is 7.25. The van der Waals surface area contributed by atoms with Crippen LogP contribution in [0.1, 0.15) is 25.3 Å². The molecule has 0 saturated carbocycles. The van der Waals surface area contributed by atoms with E-state index in [1.54, 1.807) is 12.1 Å². The first-order valence-corrected chi connectivity index (χ1v) is 7.84. The predicted molar refractivity (Wildman–Crippen MR) is 77.9 cm³/mol. The highest BCUT2D eigenvalue weighted by molar-refractivity contribution is 7.90. The van der Waals surface area contributed by atoms with Crippen molar-refractivity contribution < 1.29 is 18.3 Å². The van der Waals surface area contributed by atoms with Crippen LogP contribution in [0.5, 0.6) is 0 Å². The van der Waals surface area contributed by atoms with Gasteiger partial charge in [-0.05, 0) is 24.1 Å². The molecular weight excluding hydrogens is 280 g/mol. The Hall–Kier alpha value is -1.60. The van der Waals surface area contributed by atoms with Crippen molar-refractivity contribution in [1.29, 1.82) is 0 Å². The Balaban J connectivity index is 2.67. The third-order valence-corrected chi connectivity index (χ3v) is 4.29. The zero-order chi connectivity index (χ0) is 15.2. The van der Waals surface area contributed by atoms with Gasteiger partial charge in [-0.1, -0.05) is 25.5 Å². The van der Waals surface area contributed by atoms with Crippen LogP contribution in [0.25, 0.3) is 0 Å². The fraction of sp³-hybridized carbons (Fsp3) is 0.462. The number of benzene rings is 1. The summed E-state index contributed by atoms with van der Waals surface area (Å²) in [5.41, 5.74) is 1.61. The monoisotopic (exact) mass is 300 g/mol. The quantitative estimate of drug-likeness (QED) is 0.765. The maximum absolute atomic E-state index is 11.9. The van der Waals surface area contributed by atoms with Crippen LogP contribution in [0.2, 0.25) is 0 Å². The van der Waals surface area contributed by atoms with E-state index in [0.717, 1.165) is 22.7 Å². The first-order chi connectivity index (χ1) is 9.35. The minimum atomic E-state index is -3.71. The molecule has 7 heteroatoms. The van der Waals surface area contributed by atoms with Crippen molar-refractivity contribution in [2.75, 3.05) is 18.3 Å². The number of hydrogen-bond donors (Lipinski definition) is 2. The lowest BCUT2D eigenvalue weighted by Gasteiger charge is -2.17. The van der Waals surface area contributed by atoms with Gasteiger partial charge in [0.25, 0.3) is 0 Å². The summed E-state index contributed by atoms with van der Waals surface area (Å²) in [5.74, 6) is -1.03. The largest absolute Gasteiger partial charge is 0.481 e. The van der Waals surface area contributed by atoms with Gasteiger partial charge in [-0.15, -0.1) is 0 Å². The fourth-order valence-corrected chi connectivity index (χ4v) is 2.55. The molecule has 0 aliphatic rings. The molecule has 0 spiro atoms. The standard InChI is InChI=1S/C13H20N2O4S/c1-3-4-11-5-7-12(8-6-11)14-20(18,19)15(2)10-9-13(16)17/h5-8,14H,3-4,9-10H2,1-2H3,(H,16,17). The summed E-state index contributed by atoms with van der Waals surface area (Å²) in [6.45, 7) is 2.01. The molecule has 0 bridgehead atoms. The number of hydrogen-bond acceptors (Lipinski definition) is 3. The molecule has 2 N–H and O–H groups in total. The lowest BCUT2D eigenvalue weighted by atomic mass is 10.1. The van der Waals surface area contributed by atoms with E-state index in [0.29, 0.717) is 5.69 Å². The van der Waals surface area contributed by atoms with E-state index in [4.69, 9.17) is 5.11 Å². The Morgan fingerprint density at radius 3 is 2.40 bits per heavy atom. The zero-order valence-corrected chi connectivity index (χ0v) is 12.5. The predicted octanol–water partition coefficient (Wildman–Crippen LogP) is 1.70. The molecule has 0 heterocycles. The van der Waals surface area contributed by atoms with E-state index >= 15 is 0 Å². The first kappa shape index (κ1) is 16.5. The third kappa shape index (κ3) is 5.18. The number of aliphatic carboxylic acids is 1. The summed E-state index contributed by atoms with van der Waals surface area (Å²) >= 11 is 0. The van der Waals surface area contributed by atoms with Gasteiger partial charge in [0.15, 0.2) is 0 Å². The Bertz CT molecular complexity index is 540. The van der Waals surface area contributed by atoms with E-state index in [2.05, 4.69) is 11.6 Å². The number of carboxylic acid groups (broad SMARTS) is 1. The number of nitrogens with zero attached hydrogens (tertiary/aromatic N) is 1. The van der Waals surface area contributed by atoms with Crippen LogP contribution in [-0.4, -0.2) is 37.4 Å². The second-order valence-electron chi connectivity index (χ2n) is 4.52. The number of rotatable bonds is 8. The van der Waals surface area contributed by atoms with Gasteiger partial charge in [0.1, 0.15) is 0 Å². The van der Waals surface area contributed by atoms with E-state index in [9.17, 15) is 13.2 Å². The van der Waals surface area contributed by atoms with E-state index in [-0.39, 0.29) is 13.0 Å². The number of anilines is 1. The van der Waals surface area contributed by atoms with Crippen molar-refractivity contribution in [2.45, 2.75) is 26.2 Å². The molecular formula is C13H20N2O4S. The summed E-state index contributed by atoms with van der Waals surface area (Å²) in [6.07, 6.45) is 1.75. The molecule has 0 radical (unpaired) electrons. The minimum absolute atomic E-state index is 0.0708. The second-order valence-corrected chi connectivity index (χ2v) is 6.30. The summed E-state index contributed by atoms with van der Waals surface area (Å²) in [4.78, 5) is 10.4. The van der Waals surface area contributed by atoms with Gasteiger partial charge in [-0.25, -0.2) is 0 Å². The summed E-state index contributed by atoms with van der Waals surface area (Å²) in [7, 11) is -2.37. The van der Waals surface area contributed by atoms with Gasteiger partial charge < -0.3 is 5.11 Å². The van der Waals surface area contributed by atoms with Crippen LogP contribution in [0, 0.1) is 0 Å². The summed E-state index contributed by atoms with van der Waals surface area (Å²) < 4.78 is 27.3. The Morgan fingerprint density at radius 2 is 1.90 bits per heavy atom. The Kier molecular flexibility index (Phi) is 5.97. The van der Waals surface area contributed by atoms with Crippen molar-refractivity contribution in [3.8, 4) is 0 Å². The number of carboxylic acids is 1. The van der Waals surface area contributed by atoms with E-state index in [1.165, 1.54) is 7.05 Å². The highest BCUT2D eigenvalue weighted by Crippen LogP contribution is 2.13. The lowest BCUT2D eigenvalue weighted by Crippen LogP contribution is -2.34. The van der Waals surface area contributed by atoms with Crippen molar-refractivity contribution >= 4 is 21.9 Å². The Labute approximate surface area is 119 Å². The van der Waals surface area contributed by atoms with Crippen LogP contribution >= 0.6 is 0 Å². The van der Waals surface area contributed by atoms with Gasteiger partial charge >= 0.3 is 16.2 Å². The molecule has 1 rings (SSSR count). The molecule has 112 valence electrons. The topological polar surface area (TPSA) is 86.7 Å². The van der Waals surface area contributed by atoms with Gasteiger partial charge in [0.05, 0.1) is 6.42 Å². The molecule has 0 saturated heterocycles. The molecule has 6 nitrogen and oxygen atoms in total. The maximum Gasteiger partial charge on any atom is 0.304 e. The third-order valence-electron chi connectivity index (χ3n) is 2.79. The summed E-state index contributed by atoms with van der Waals surface area (Å²) in [5, 5.41) is 8.56. The van der Waals surface area contributed by atoms with Crippen molar-refractivity contribution in [2.24, 2.45) is 0 Å². The van der Waals surface area contributed by atoms with E-state index < -0.39 is 16.2 Å². The average molecular weight is 300 g/mol. The van der Waals surface area contributed by atoms with Gasteiger partial charge in [-0.3, -0.25) is 9.52 Å². The first-order valence-electron chi connectivity index (χ1n) is 6.40. The molecule has 0 aromatic heterocycles. The van der Waals surface area contributed by atoms with Gasteiger partial charge in [0, 0.05) is 19.3 Å². The number of aryl methyl sites for hydroxylation is 1. The number of carbonyl (C=O) groups is 1. The van der Waals surface area contributed by atoms with Crippen molar-refractivity contribution in [1.82, 2.24) is 4.31 Å². The average Bonchev–Trinajstić information content (AvgIpc) is 2.38. The highest BCUT2D eigenvalue weighted by atomic mass is 32.2. The molecule has 0 atom stereocenters. The van der Waals surface area contributed by atoms with Gasteiger partial charge in [0.2, 0.25) is 0 Å². The minimum Gasteiger partial charge on any atom is -0.481 e. The molecule has 0 unspecified atom stereocenters. The molecule has 0 aliphatic carbocycles. The van der Waals surface area contributed by atoms with Gasteiger partial charge in [-0.2, -0.15) is 12.7 Å². The fourth-order valence-electron chi connectivity index (χ4n) is 1.63. The summed E-state index contributed by atoms with van der Waals surface area (Å²) in [6, 6.07) is 7.15.